The smallest absolute Gasteiger partial charge is 0.310 e. The van der Waals surface area contributed by atoms with Gasteiger partial charge in [0.1, 0.15) is 16.4 Å². The van der Waals surface area contributed by atoms with Gasteiger partial charge in [0.25, 0.3) is 0 Å². The maximum atomic E-state index is 13.3. The molecule has 1 heterocycles. The summed E-state index contributed by atoms with van der Waals surface area (Å²) in [5.74, 6) is -0.500. The van der Waals surface area contributed by atoms with Crippen molar-refractivity contribution in [2.24, 2.45) is 4.99 Å². The van der Waals surface area contributed by atoms with Crippen LogP contribution in [0.1, 0.15) is 30.0 Å². The summed E-state index contributed by atoms with van der Waals surface area (Å²) in [6.07, 6.45) is -4.36. The number of nitrogens with zero attached hydrogens (tertiary/aromatic N) is 2. The normalized spacial score (nSPS) is 14.9. The van der Waals surface area contributed by atoms with Crippen molar-refractivity contribution >= 4 is 27.1 Å². The monoisotopic (exact) mass is 438 g/mol. The molecule has 30 heavy (non-hydrogen) atoms. The van der Waals surface area contributed by atoms with Crippen LogP contribution >= 0.6 is 0 Å². The van der Waals surface area contributed by atoms with Crippen LogP contribution in [0.2, 0.25) is 0 Å². The van der Waals surface area contributed by atoms with Crippen molar-refractivity contribution in [2.75, 3.05) is 29.5 Å². The van der Waals surface area contributed by atoms with Crippen molar-refractivity contribution < 1.29 is 26.4 Å². The van der Waals surface area contributed by atoms with Crippen molar-refractivity contribution in [3.05, 3.63) is 65.2 Å². The van der Waals surface area contributed by atoms with E-state index in [-0.39, 0.29) is 36.6 Å². The Kier molecular flexibility index (Phi) is 6.30. The molecular formula is C21H21F3N2O3S. The Labute approximate surface area is 173 Å². The van der Waals surface area contributed by atoms with Gasteiger partial charge in [0.2, 0.25) is 5.91 Å². The highest BCUT2D eigenvalue weighted by atomic mass is 32.2. The minimum atomic E-state index is -4.55. The van der Waals surface area contributed by atoms with Crippen molar-refractivity contribution in [1.82, 2.24) is 0 Å². The molecule has 0 bridgehead atoms. The lowest BCUT2D eigenvalue weighted by atomic mass is 9.98. The van der Waals surface area contributed by atoms with Gasteiger partial charge in [-0.3, -0.25) is 9.79 Å². The first-order valence-electron chi connectivity index (χ1n) is 9.44. The second kappa shape index (κ2) is 8.59. The van der Waals surface area contributed by atoms with Crippen LogP contribution in [0, 0.1) is 0 Å². The summed E-state index contributed by atoms with van der Waals surface area (Å²) < 4.78 is 63.6. The van der Waals surface area contributed by atoms with Crippen LogP contribution < -0.4 is 4.90 Å². The van der Waals surface area contributed by atoms with Crippen LogP contribution in [0.4, 0.5) is 18.9 Å². The van der Waals surface area contributed by atoms with Crippen molar-refractivity contribution in [3.63, 3.8) is 0 Å². The summed E-state index contributed by atoms with van der Waals surface area (Å²) >= 11 is 0. The van der Waals surface area contributed by atoms with Gasteiger partial charge in [-0.15, -0.1) is 0 Å². The predicted octanol–water partition coefficient (Wildman–Crippen LogP) is 3.71. The molecule has 0 saturated heterocycles. The van der Waals surface area contributed by atoms with Crippen molar-refractivity contribution in [2.45, 2.75) is 19.5 Å². The average Bonchev–Trinajstić information content (AvgIpc) is 2.84. The fourth-order valence-corrected chi connectivity index (χ4v) is 4.12. The third-order valence-corrected chi connectivity index (χ3v) is 6.66. The minimum absolute atomic E-state index is 0.00621. The number of alkyl halides is 3. The largest absolute Gasteiger partial charge is 0.416 e. The molecule has 1 amide bonds. The molecule has 3 rings (SSSR count). The maximum Gasteiger partial charge on any atom is 0.416 e. The Morgan fingerprint density at radius 2 is 1.80 bits per heavy atom. The van der Waals surface area contributed by atoms with Crippen molar-refractivity contribution in [3.8, 4) is 0 Å². The van der Waals surface area contributed by atoms with Crippen LogP contribution in [0.25, 0.3) is 0 Å². The molecule has 0 aliphatic carbocycles. The quantitative estimate of drug-likeness (QED) is 0.691. The molecule has 0 aromatic heterocycles. The van der Waals surface area contributed by atoms with Gasteiger partial charge in [-0.1, -0.05) is 37.3 Å². The van der Waals surface area contributed by atoms with Gasteiger partial charge in [0.15, 0.2) is 0 Å². The summed E-state index contributed by atoms with van der Waals surface area (Å²) in [6, 6.07) is 11.9. The van der Waals surface area contributed by atoms with E-state index >= 15 is 0 Å². The number of hydrogen-bond acceptors (Lipinski definition) is 4. The third kappa shape index (κ3) is 4.89. The summed E-state index contributed by atoms with van der Waals surface area (Å²) in [6.45, 7) is 1.38. The van der Waals surface area contributed by atoms with Gasteiger partial charge in [0.05, 0.1) is 22.7 Å². The molecule has 0 unspecified atom stereocenters. The molecule has 0 saturated carbocycles. The summed E-state index contributed by atoms with van der Waals surface area (Å²) in [5, 5.41) is 0. The third-order valence-electron chi connectivity index (χ3n) is 4.87. The molecule has 160 valence electrons. The van der Waals surface area contributed by atoms with Crippen LogP contribution in [0.15, 0.2) is 53.5 Å². The van der Waals surface area contributed by atoms with Gasteiger partial charge < -0.3 is 4.90 Å². The summed E-state index contributed by atoms with van der Waals surface area (Å²) in [5.41, 5.74) is 0.546. The molecule has 5 nitrogen and oxygen atoms in total. The molecular weight excluding hydrogens is 417 g/mol. The van der Waals surface area contributed by atoms with Gasteiger partial charge >= 0.3 is 6.18 Å². The molecule has 0 spiro atoms. The summed E-state index contributed by atoms with van der Waals surface area (Å²) in [4.78, 5) is 18.3. The van der Waals surface area contributed by atoms with Gasteiger partial charge in [0, 0.05) is 23.4 Å². The predicted molar refractivity (Wildman–Crippen MR) is 110 cm³/mol. The molecule has 1 aliphatic rings. The number of sulfone groups is 1. The standard InChI is InChI=1S/C21H21F3N2O3S/c1-2-30(28,29)12-6-11-26-18-10-9-16(21(22,23)24)13-17(18)20(25-14-19(26)27)15-7-4-3-5-8-15/h3-5,7-10,13H,2,6,11-12,14H2,1H3. The Morgan fingerprint density at radius 3 is 2.43 bits per heavy atom. The topological polar surface area (TPSA) is 66.8 Å². The lowest BCUT2D eigenvalue weighted by Crippen LogP contribution is -2.34. The zero-order valence-corrected chi connectivity index (χ0v) is 17.1. The lowest BCUT2D eigenvalue weighted by molar-refractivity contribution is -0.137. The van der Waals surface area contributed by atoms with E-state index in [1.54, 1.807) is 37.3 Å². The highest BCUT2D eigenvalue weighted by Gasteiger charge is 2.33. The highest BCUT2D eigenvalue weighted by Crippen LogP contribution is 2.35. The Bertz CT molecular complexity index is 1060. The van der Waals surface area contributed by atoms with Crippen LogP contribution in [-0.2, 0) is 20.8 Å². The Balaban J connectivity index is 2.05. The highest BCUT2D eigenvalue weighted by molar-refractivity contribution is 7.91. The molecule has 9 heteroatoms. The van der Waals surface area contributed by atoms with Gasteiger partial charge in [-0.25, -0.2) is 8.42 Å². The Morgan fingerprint density at radius 1 is 1.10 bits per heavy atom. The fraction of sp³-hybridized carbons (Fsp3) is 0.333. The first-order valence-corrected chi connectivity index (χ1v) is 11.3. The number of carbonyl (C=O) groups is 1. The molecule has 0 atom stereocenters. The molecule has 0 radical (unpaired) electrons. The van der Waals surface area contributed by atoms with E-state index in [2.05, 4.69) is 4.99 Å². The number of aliphatic imine (C=N–C) groups is 1. The van der Waals surface area contributed by atoms with E-state index in [0.29, 0.717) is 17.0 Å². The number of carbonyl (C=O) groups excluding carboxylic acids is 1. The zero-order valence-electron chi connectivity index (χ0n) is 16.3. The number of benzodiazepines with no additional fused rings is 1. The molecule has 0 fully saturated rings. The van der Waals surface area contributed by atoms with Crippen LogP contribution in [0.5, 0.6) is 0 Å². The van der Waals surface area contributed by atoms with E-state index in [1.165, 1.54) is 11.0 Å². The molecule has 2 aromatic rings. The minimum Gasteiger partial charge on any atom is -0.310 e. The number of rotatable bonds is 6. The number of fused-ring (bicyclic) bond motifs is 1. The second-order valence-corrected chi connectivity index (χ2v) is 9.37. The van der Waals surface area contributed by atoms with Gasteiger partial charge in [-0.2, -0.15) is 13.2 Å². The maximum absolute atomic E-state index is 13.3. The Hall–Kier alpha value is -2.68. The van der Waals surface area contributed by atoms with Crippen LogP contribution in [-0.4, -0.2) is 44.6 Å². The van der Waals surface area contributed by atoms with Crippen molar-refractivity contribution in [1.29, 1.82) is 0 Å². The van der Waals surface area contributed by atoms with E-state index < -0.39 is 27.5 Å². The molecule has 1 aliphatic heterocycles. The second-order valence-electron chi connectivity index (χ2n) is 6.90. The van der Waals surface area contributed by atoms with Crippen LogP contribution in [0.3, 0.4) is 0 Å². The number of halogens is 3. The SMILES string of the molecule is CCS(=O)(=O)CCCN1C(=O)CN=C(c2ccccc2)c2cc(C(F)(F)F)ccc21. The first-order chi connectivity index (χ1) is 14.1. The van der Waals surface area contributed by atoms with E-state index in [1.807, 2.05) is 0 Å². The fourth-order valence-electron chi connectivity index (χ4n) is 3.26. The first kappa shape index (κ1) is 22.0. The lowest BCUT2D eigenvalue weighted by Gasteiger charge is -2.24. The molecule has 2 aromatic carbocycles. The van der Waals surface area contributed by atoms with E-state index in [0.717, 1.165) is 12.1 Å². The average molecular weight is 438 g/mol. The van der Waals surface area contributed by atoms with Gasteiger partial charge in [-0.05, 0) is 24.6 Å². The number of amides is 1. The van der Waals surface area contributed by atoms with E-state index in [4.69, 9.17) is 0 Å². The number of hydrogen-bond donors (Lipinski definition) is 0. The molecule has 0 N–H and O–H groups in total. The zero-order chi connectivity index (χ0) is 21.9. The van der Waals surface area contributed by atoms with E-state index in [9.17, 15) is 26.4 Å². The number of anilines is 1. The summed E-state index contributed by atoms with van der Waals surface area (Å²) in [7, 11) is -3.22. The number of benzene rings is 2.